The Morgan fingerprint density at radius 2 is 1.82 bits per heavy atom. The maximum atomic E-state index is 15.1. The first-order valence-corrected chi connectivity index (χ1v) is 12.3. The number of hydrogen-bond donors (Lipinski definition) is 1. The molecule has 0 spiro atoms. The molecule has 7 nitrogen and oxygen atoms in total. The molecule has 1 aliphatic rings. The minimum atomic E-state index is -3.94. The van der Waals surface area contributed by atoms with E-state index in [1.807, 2.05) is 13.0 Å². The lowest BCUT2D eigenvalue weighted by Gasteiger charge is -2.19. The predicted octanol–water partition coefficient (Wildman–Crippen LogP) is 4.48. The molecule has 0 bridgehead atoms. The first kappa shape index (κ1) is 21.4. The first-order chi connectivity index (χ1) is 15.8. The van der Waals surface area contributed by atoms with Gasteiger partial charge < -0.3 is 9.47 Å². The fraction of sp³-hybridized carbons (Fsp3) is 0.250. The van der Waals surface area contributed by atoms with Crippen LogP contribution in [-0.4, -0.2) is 36.0 Å². The molecule has 1 aromatic carbocycles. The van der Waals surface area contributed by atoms with Gasteiger partial charge in [-0.15, -0.1) is 0 Å². The van der Waals surface area contributed by atoms with Crippen molar-refractivity contribution >= 4 is 32.4 Å². The average Bonchev–Trinajstić information content (AvgIpc) is 3.44. The number of pyridine rings is 2. The van der Waals surface area contributed by atoms with Crippen molar-refractivity contribution in [2.45, 2.75) is 24.8 Å². The maximum Gasteiger partial charge on any atom is 0.279 e. The minimum Gasteiger partial charge on any atom is -0.372 e. The van der Waals surface area contributed by atoms with Crippen LogP contribution in [0.1, 0.15) is 18.4 Å². The van der Waals surface area contributed by atoms with Crippen LogP contribution in [0.5, 0.6) is 0 Å². The molecule has 3 aromatic heterocycles. The molecule has 9 heteroatoms. The van der Waals surface area contributed by atoms with E-state index in [0.717, 1.165) is 37.2 Å². The normalized spacial score (nSPS) is 14.2. The number of aryl methyl sites for hydroxylation is 2. The van der Waals surface area contributed by atoms with Crippen LogP contribution < -0.4 is 9.62 Å². The smallest absolute Gasteiger partial charge is 0.279 e. The molecule has 0 unspecified atom stereocenters. The molecule has 4 aromatic rings. The van der Waals surface area contributed by atoms with Gasteiger partial charge in [0.2, 0.25) is 0 Å². The number of halogens is 1. The summed E-state index contributed by atoms with van der Waals surface area (Å²) in [6.07, 6.45) is 7.05. The Labute approximate surface area is 192 Å². The highest BCUT2D eigenvalue weighted by Gasteiger charge is 2.22. The third kappa shape index (κ3) is 3.93. The summed E-state index contributed by atoms with van der Waals surface area (Å²) in [5.74, 6) is -0.372. The van der Waals surface area contributed by atoms with Crippen LogP contribution in [0.4, 0.5) is 15.8 Å². The van der Waals surface area contributed by atoms with Gasteiger partial charge >= 0.3 is 0 Å². The summed E-state index contributed by atoms with van der Waals surface area (Å²) in [5, 5.41) is 0.450. The van der Waals surface area contributed by atoms with Crippen molar-refractivity contribution in [3.8, 4) is 11.1 Å². The quantitative estimate of drug-likeness (QED) is 0.470. The summed E-state index contributed by atoms with van der Waals surface area (Å²) in [4.78, 5) is 10.7. The number of fused-ring (bicyclic) bond motifs is 1. The molecular weight excluding hydrogens is 441 g/mol. The molecular formula is C24H24FN5O2S. The van der Waals surface area contributed by atoms with Crippen LogP contribution in [0.3, 0.4) is 0 Å². The van der Waals surface area contributed by atoms with Gasteiger partial charge in [0.1, 0.15) is 11.5 Å². The fourth-order valence-corrected chi connectivity index (χ4v) is 5.30. The summed E-state index contributed by atoms with van der Waals surface area (Å²) in [5.41, 5.74) is 3.67. The van der Waals surface area contributed by atoms with Crippen molar-refractivity contribution in [2.75, 3.05) is 22.7 Å². The van der Waals surface area contributed by atoms with Gasteiger partial charge in [0.25, 0.3) is 10.0 Å². The van der Waals surface area contributed by atoms with Gasteiger partial charge in [-0.1, -0.05) is 6.07 Å². The van der Waals surface area contributed by atoms with Gasteiger partial charge in [-0.05, 0) is 55.7 Å². The molecule has 0 atom stereocenters. The number of anilines is 2. The van der Waals surface area contributed by atoms with Gasteiger partial charge in [-0.2, -0.15) is 8.42 Å². The van der Waals surface area contributed by atoms with Crippen molar-refractivity contribution in [1.82, 2.24) is 14.5 Å². The van der Waals surface area contributed by atoms with Crippen molar-refractivity contribution in [3.05, 3.63) is 66.4 Å². The lowest BCUT2D eigenvalue weighted by Crippen LogP contribution is -2.17. The van der Waals surface area contributed by atoms with Gasteiger partial charge in [-0.25, -0.2) is 14.4 Å². The second-order valence-electron chi connectivity index (χ2n) is 8.35. The number of aromatic nitrogens is 3. The molecule has 5 rings (SSSR count). The standard InChI is InChI=1S/C24H24FN5O2S/c1-16-5-8-22(27-14-16)33(31,32)28-21-9-10-26-24-23(21)19(15-29(24)2)18-13-17(6-7-20(18)25)30-11-3-4-12-30/h5-10,13-15H,3-4,11-12H2,1-2H3,(H,26,28). The summed E-state index contributed by atoms with van der Waals surface area (Å²) in [6, 6.07) is 9.83. The Balaban J connectivity index is 1.64. The third-order valence-corrected chi connectivity index (χ3v) is 7.25. The van der Waals surface area contributed by atoms with Crippen molar-refractivity contribution < 1.29 is 12.8 Å². The number of nitrogens with one attached hydrogen (secondary N) is 1. The largest absolute Gasteiger partial charge is 0.372 e. The highest BCUT2D eigenvalue weighted by atomic mass is 32.2. The highest BCUT2D eigenvalue weighted by Crippen LogP contribution is 2.38. The molecule has 1 aliphatic heterocycles. The monoisotopic (exact) mass is 465 g/mol. The third-order valence-electron chi connectivity index (χ3n) is 5.97. The first-order valence-electron chi connectivity index (χ1n) is 10.8. The van der Waals surface area contributed by atoms with Gasteiger partial charge in [0.05, 0.1) is 11.1 Å². The average molecular weight is 466 g/mol. The molecule has 33 heavy (non-hydrogen) atoms. The Kier molecular flexibility index (Phi) is 5.28. The molecule has 0 aliphatic carbocycles. The van der Waals surface area contributed by atoms with Crippen LogP contribution >= 0.6 is 0 Å². The van der Waals surface area contributed by atoms with E-state index < -0.39 is 10.0 Å². The van der Waals surface area contributed by atoms with Crippen LogP contribution in [-0.2, 0) is 17.1 Å². The van der Waals surface area contributed by atoms with Crippen LogP contribution in [0.2, 0.25) is 0 Å². The van der Waals surface area contributed by atoms with Crippen LogP contribution in [0.25, 0.3) is 22.2 Å². The zero-order valence-electron chi connectivity index (χ0n) is 18.4. The molecule has 170 valence electrons. The SMILES string of the molecule is Cc1ccc(S(=O)(=O)Nc2ccnc3c2c(-c2cc(N4CCCC4)ccc2F)cn3C)nc1. The number of hydrogen-bond acceptors (Lipinski definition) is 5. The lowest BCUT2D eigenvalue weighted by atomic mass is 10.0. The van der Waals surface area contributed by atoms with E-state index in [1.54, 1.807) is 36.0 Å². The van der Waals surface area contributed by atoms with Gasteiger partial charge in [0, 0.05) is 55.5 Å². The van der Waals surface area contributed by atoms with Gasteiger partial charge in [0.15, 0.2) is 5.03 Å². The van der Waals surface area contributed by atoms with Crippen molar-refractivity contribution in [1.29, 1.82) is 0 Å². The Bertz CT molecular complexity index is 1440. The number of rotatable bonds is 5. The Hall–Kier alpha value is -3.46. The second-order valence-corrected chi connectivity index (χ2v) is 9.98. The van der Waals surface area contributed by atoms with Gasteiger partial charge in [-0.3, -0.25) is 4.72 Å². The molecule has 4 heterocycles. The Morgan fingerprint density at radius 3 is 2.55 bits per heavy atom. The van der Waals surface area contributed by atoms with E-state index in [9.17, 15) is 8.42 Å². The zero-order valence-corrected chi connectivity index (χ0v) is 19.2. The van der Waals surface area contributed by atoms with E-state index >= 15 is 4.39 Å². The summed E-state index contributed by atoms with van der Waals surface area (Å²) in [6.45, 7) is 3.72. The summed E-state index contributed by atoms with van der Waals surface area (Å²) < 4.78 is 45.5. The van der Waals surface area contributed by atoms with Crippen LogP contribution in [0, 0.1) is 12.7 Å². The molecule has 0 radical (unpaired) electrons. The van der Waals surface area contributed by atoms with E-state index in [1.165, 1.54) is 24.5 Å². The second kappa shape index (κ2) is 8.15. The van der Waals surface area contributed by atoms with E-state index in [2.05, 4.69) is 19.6 Å². The number of sulfonamides is 1. The Morgan fingerprint density at radius 1 is 1.03 bits per heavy atom. The zero-order chi connectivity index (χ0) is 23.2. The summed E-state index contributed by atoms with van der Waals surface area (Å²) in [7, 11) is -2.14. The fourth-order valence-electron chi connectivity index (χ4n) is 4.29. The van der Waals surface area contributed by atoms with E-state index in [0.29, 0.717) is 27.8 Å². The maximum absolute atomic E-state index is 15.1. The van der Waals surface area contributed by atoms with E-state index in [-0.39, 0.29) is 10.8 Å². The molecule has 1 N–H and O–H groups in total. The number of nitrogens with zero attached hydrogens (tertiary/aromatic N) is 4. The molecule has 0 saturated carbocycles. The topological polar surface area (TPSA) is 80.1 Å². The lowest BCUT2D eigenvalue weighted by molar-refractivity contribution is 0.597. The summed E-state index contributed by atoms with van der Waals surface area (Å²) >= 11 is 0. The van der Waals surface area contributed by atoms with Crippen LogP contribution in [0.15, 0.2) is 60.0 Å². The molecule has 0 amide bonds. The van der Waals surface area contributed by atoms with Crippen molar-refractivity contribution in [3.63, 3.8) is 0 Å². The molecule has 1 saturated heterocycles. The highest BCUT2D eigenvalue weighted by molar-refractivity contribution is 7.92. The minimum absolute atomic E-state index is 0.0854. The molecule has 1 fully saturated rings. The van der Waals surface area contributed by atoms with Crippen molar-refractivity contribution in [2.24, 2.45) is 7.05 Å². The number of benzene rings is 1. The van der Waals surface area contributed by atoms with E-state index in [4.69, 9.17) is 0 Å². The predicted molar refractivity (Wildman–Crippen MR) is 127 cm³/mol.